The SMILES string of the molecule is C=CCOc1ccc(/C=N/NC(=O)c2cc3cc([N+](=O)[O-])ccc3o2)cc1I. The molecule has 0 atom stereocenters. The number of benzene rings is 2. The molecule has 3 aromatic rings. The number of halogens is 1. The van der Waals surface area contributed by atoms with Gasteiger partial charge in [-0.25, -0.2) is 5.43 Å². The van der Waals surface area contributed by atoms with Gasteiger partial charge in [-0.1, -0.05) is 12.7 Å². The monoisotopic (exact) mass is 491 g/mol. The van der Waals surface area contributed by atoms with Gasteiger partial charge in [0.25, 0.3) is 5.69 Å². The van der Waals surface area contributed by atoms with Crippen molar-refractivity contribution < 1.29 is 18.9 Å². The summed E-state index contributed by atoms with van der Waals surface area (Å²) in [5, 5.41) is 15.2. The molecule has 3 rings (SSSR count). The number of amides is 1. The minimum atomic E-state index is -0.560. The molecule has 1 aromatic heterocycles. The third-order valence-corrected chi connectivity index (χ3v) is 4.47. The average molecular weight is 491 g/mol. The topological polar surface area (TPSA) is 107 Å². The van der Waals surface area contributed by atoms with E-state index in [0.717, 1.165) is 14.9 Å². The lowest BCUT2D eigenvalue weighted by Gasteiger charge is -2.06. The number of hydrogen-bond donors (Lipinski definition) is 1. The number of ether oxygens (including phenoxy) is 1. The van der Waals surface area contributed by atoms with Gasteiger partial charge in [0.1, 0.15) is 17.9 Å². The van der Waals surface area contributed by atoms with Crippen LogP contribution in [0.2, 0.25) is 0 Å². The summed E-state index contributed by atoms with van der Waals surface area (Å²) in [6.07, 6.45) is 3.15. The summed E-state index contributed by atoms with van der Waals surface area (Å²) < 4.78 is 11.8. The highest BCUT2D eigenvalue weighted by Crippen LogP contribution is 2.24. The van der Waals surface area contributed by atoms with Crippen LogP contribution in [0.3, 0.4) is 0 Å². The smallest absolute Gasteiger partial charge is 0.307 e. The zero-order valence-electron chi connectivity index (χ0n) is 14.4. The number of carbonyl (C=O) groups excluding carboxylic acids is 1. The van der Waals surface area contributed by atoms with Gasteiger partial charge < -0.3 is 9.15 Å². The first kappa shape index (κ1) is 19.5. The predicted octanol–water partition coefficient (Wildman–Crippen LogP) is 4.27. The van der Waals surface area contributed by atoms with Crippen LogP contribution in [-0.4, -0.2) is 23.7 Å². The number of rotatable bonds is 7. The lowest BCUT2D eigenvalue weighted by molar-refractivity contribution is -0.384. The minimum absolute atomic E-state index is 0.00963. The van der Waals surface area contributed by atoms with E-state index in [2.05, 4.69) is 39.7 Å². The summed E-state index contributed by atoms with van der Waals surface area (Å²) in [5.74, 6) is 0.184. The second-order valence-corrected chi connectivity index (χ2v) is 6.74. The Morgan fingerprint density at radius 1 is 1.32 bits per heavy atom. The van der Waals surface area contributed by atoms with Crippen LogP contribution in [-0.2, 0) is 0 Å². The minimum Gasteiger partial charge on any atom is -0.488 e. The van der Waals surface area contributed by atoms with Crippen molar-refractivity contribution in [2.45, 2.75) is 0 Å². The lowest BCUT2D eigenvalue weighted by Crippen LogP contribution is -2.16. The summed E-state index contributed by atoms with van der Waals surface area (Å²) in [5.41, 5.74) is 3.45. The van der Waals surface area contributed by atoms with E-state index >= 15 is 0 Å². The molecule has 1 amide bonds. The van der Waals surface area contributed by atoms with E-state index in [1.54, 1.807) is 18.2 Å². The molecule has 0 spiro atoms. The highest BCUT2D eigenvalue weighted by atomic mass is 127. The van der Waals surface area contributed by atoms with Gasteiger partial charge in [-0.2, -0.15) is 5.10 Å². The Morgan fingerprint density at radius 2 is 2.14 bits per heavy atom. The zero-order valence-corrected chi connectivity index (χ0v) is 16.6. The number of carbonyl (C=O) groups is 1. The van der Waals surface area contributed by atoms with Gasteiger partial charge in [0.05, 0.1) is 14.7 Å². The summed E-state index contributed by atoms with van der Waals surface area (Å²) in [6.45, 7) is 4.02. The standard InChI is InChI=1S/C19H14IN3O5/c1-2-7-27-17-5-3-12(8-15(17)20)11-21-22-19(24)18-10-13-9-14(23(25)26)4-6-16(13)28-18/h2-6,8-11H,1,7H2,(H,22,24)/b21-11+. The zero-order chi connectivity index (χ0) is 20.1. The summed E-state index contributed by atoms with van der Waals surface area (Å²) in [7, 11) is 0. The molecule has 9 heteroatoms. The number of hydrazone groups is 1. The van der Waals surface area contributed by atoms with Crippen molar-refractivity contribution in [3.63, 3.8) is 0 Å². The van der Waals surface area contributed by atoms with E-state index < -0.39 is 10.8 Å². The van der Waals surface area contributed by atoms with Crippen molar-refractivity contribution in [3.05, 3.63) is 80.1 Å². The molecule has 8 nitrogen and oxygen atoms in total. The molecular formula is C19H14IN3O5. The first-order valence-electron chi connectivity index (χ1n) is 8.02. The molecule has 0 aliphatic heterocycles. The van der Waals surface area contributed by atoms with Gasteiger partial charge in [0, 0.05) is 17.5 Å². The molecule has 0 aliphatic rings. The highest BCUT2D eigenvalue weighted by Gasteiger charge is 2.14. The van der Waals surface area contributed by atoms with Crippen LogP contribution in [0.25, 0.3) is 11.0 Å². The molecule has 28 heavy (non-hydrogen) atoms. The van der Waals surface area contributed by atoms with Crippen molar-refractivity contribution in [3.8, 4) is 5.75 Å². The largest absolute Gasteiger partial charge is 0.488 e. The van der Waals surface area contributed by atoms with Crippen LogP contribution in [0, 0.1) is 13.7 Å². The van der Waals surface area contributed by atoms with Gasteiger partial charge >= 0.3 is 5.91 Å². The van der Waals surface area contributed by atoms with Crippen molar-refractivity contribution in [1.29, 1.82) is 0 Å². The molecule has 1 heterocycles. The predicted molar refractivity (Wildman–Crippen MR) is 113 cm³/mol. The third-order valence-electron chi connectivity index (χ3n) is 3.63. The molecule has 0 fully saturated rings. The number of nitrogens with zero attached hydrogens (tertiary/aromatic N) is 2. The average Bonchev–Trinajstić information content (AvgIpc) is 3.10. The van der Waals surface area contributed by atoms with E-state index in [0.29, 0.717) is 17.6 Å². The Hall–Kier alpha value is -3.21. The van der Waals surface area contributed by atoms with E-state index in [4.69, 9.17) is 9.15 Å². The van der Waals surface area contributed by atoms with Crippen LogP contribution in [0.15, 0.2) is 64.6 Å². The maximum absolute atomic E-state index is 12.2. The first-order valence-corrected chi connectivity index (χ1v) is 9.10. The number of nitro benzene ring substituents is 1. The van der Waals surface area contributed by atoms with Gasteiger partial charge in [0.15, 0.2) is 5.76 Å². The van der Waals surface area contributed by atoms with E-state index in [1.165, 1.54) is 30.5 Å². The van der Waals surface area contributed by atoms with E-state index in [9.17, 15) is 14.9 Å². The second kappa shape index (κ2) is 8.65. The van der Waals surface area contributed by atoms with Gasteiger partial charge in [-0.05, 0) is 58.5 Å². The molecule has 0 unspecified atom stereocenters. The molecule has 0 bridgehead atoms. The fourth-order valence-electron chi connectivity index (χ4n) is 2.34. The van der Waals surface area contributed by atoms with Crippen molar-refractivity contribution in [1.82, 2.24) is 5.43 Å². The first-order chi connectivity index (χ1) is 13.5. The molecule has 2 aromatic carbocycles. The summed E-state index contributed by atoms with van der Waals surface area (Å²) >= 11 is 2.14. The van der Waals surface area contributed by atoms with E-state index in [1.807, 2.05) is 6.07 Å². The van der Waals surface area contributed by atoms with Crippen molar-refractivity contribution in [2.24, 2.45) is 5.10 Å². The Balaban J connectivity index is 1.68. The number of nitrogens with one attached hydrogen (secondary N) is 1. The molecule has 0 aliphatic carbocycles. The maximum Gasteiger partial charge on any atom is 0.307 e. The number of fused-ring (bicyclic) bond motifs is 1. The van der Waals surface area contributed by atoms with Gasteiger partial charge in [-0.3, -0.25) is 14.9 Å². The van der Waals surface area contributed by atoms with Crippen molar-refractivity contribution in [2.75, 3.05) is 6.61 Å². The lowest BCUT2D eigenvalue weighted by atomic mass is 10.2. The van der Waals surface area contributed by atoms with Crippen LogP contribution < -0.4 is 10.2 Å². The number of hydrogen-bond acceptors (Lipinski definition) is 6. The number of nitro groups is 1. The fourth-order valence-corrected chi connectivity index (χ4v) is 3.03. The van der Waals surface area contributed by atoms with Crippen LogP contribution in [0.5, 0.6) is 5.75 Å². The molecule has 1 N–H and O–H groups in total. The van der Waals surface area contributed by atoms with E-state index in [-0.39, 0.29) is 11.4 Å². The van der Waals surface area contributed by atoms with Crippen LogP contribution in [0.4, 0.5) is 5.69 Å². The fraction of sp³-hybridized carbons (Fsp3) is 0.0526. The molecule has 0 saturated carbocycles. The number of furan rings is 1. The maximum atomic E-state index is 12.2. The Bertz CT molecular complexity index is 1090. The molecular weight excluding hydrogens is 477 g/mol. The van der Waals surface area contributed by atoms with Crippen LogP contribution in [0.1, 0.15) is 16.1 Å². The van der Waals surface area contributed by atoms with Crippen LogP contribution >= 0.6 is 22.6 Å². The quantitative estimate of drug-likeness (QED) is 0.175. The Kier molecular flexibility index (Phi) is 6.04. The summed E-state index contributed by atoms with van der Waals surface area (Å²) in [4.78, 5) is 22.5. The molecule has 0 saturated heterocycles. The number of non-ortho nitro benzene ring substituents is 1. The van der Waals surface area contributed by atoms with Gasteiger partial charge in [0.2, 0.25) is 0 Å². The highest BCUT2D eigenvalue weighted by molar-refractivity contribution is 14.1. The van der Waals surface area contributed by atoms with Crippen molar-refractivity contribution >= 4 is 51.4 Å². The Morgan fingerprint density at radius 3 is 2.86 bits per heavy atom. The molecule has 142 valence electrons. The second-order valence-electron chi connectivity index (χ2n) is 5.58. The Labute approximate surface area is 173 Å². The normalized spacial score (nSPS) is 10.9. The third kappa shape index (κ3) is 4.55. The molecule has 0 radical (unpaired) electrons. The summed E-state index contributed by atoms with van der Waals surface area (Å²) in [6, 6.07) is 11.0. The van der Waals surface area contributed by atoms with Gasteiger partial charge in [-0.15, -0.1) is 0 Å².